The third-order valence-corrected chi connectivity index (χ3v) is 2.49. The first-order chi connectivity index (χ1) is 7.58. The van der Waals surface area contributed by atoms with Crippen LogP contribution < -0.4 is 10.6 Å². The highest BCUT2D eigenvalue weighted by Crippen LogP contribution is 2.21. The van der Waals surface area contributed by atoms with Gasteiger partial charge in [-0.25, -0.2) is 0 Å². The quantitative estimate of drug-likeness (QED) is 0.789. The summed E-state index contributed by atoms with van der Waals surface area (Å²) in [5.41, 5.74) is 8.00. The molecule has 1 rings (SSSR count). The number of nitrogens with two attached hydrogens (primary N) is 1. The molecule has 0 spiro atoms. The van der Waals surface area contributed by atoms with Crippen LogP contribution in [0.1, 0.15) is 26.3 Å². The number of nitrogen functional groups attached to an aromatic ring is 1. The van der Waals surface area contributed by atoms with Crippen molar-refractivity contribution < 1.29 is 0 Å². The van der Waals surface area contributed by atoms with Crippen molar-refractivity contribution in [2.45, 2.75) is 20.8 Å². The van der Waals surface area contributed by atoms with E-state index in [4.69, 9.17) is 11.0 Å². The summed E-state index contributed by atoms with van der Waals surface area (Å²) in [5.74, 6) is 0.608. The Balaban J connectivity index is 2.94. The lowest BCUT2D eigenvalue weighted by atomic mass is 10.1. The molecule has 0 atom stereocenters. The average molecular weight is 217 g/mol. The van der Waals surface area contributed by atoms with E-state index in [1.54, 1.807) is 6.07 Å². The molecule has 3 heteroatoms. The number of rotatable bonds is 4. The maximum absolute atomic E-state index is 8.81. The van der Waals surface area contributed by atoms with Crippen LogP contribution in [0.15, 0.2) is 18.2 Å². The predicted molar refractivity (Wildman–Crippen MR) is 68.3 cm³/mol. The Bertz CT molecular complexity index is 391. The molecule has 0 heterocycles. The summed E-state index contributed by atoms with van der Waals surface area (Å²) in [4.78, 5) is 2.27. The lowest BCUT2D eigenvalue weighted by molar-refractivity contribution is 0.619. The summed E-state index contributed by atoms with van der Waals surface area (Å²) in [6.45, 7) is 8.45. The van der Waals surface area contributed by atoms with E-state index in [1.807, 2.05) is 12.1 Å². The van der Waals surface area contributed by atoms with Crippen LogP contribution >= 0.6 is 0 Å². The van der Waals surface area contributed by atoms with Gasteiger partial charge < -0.3 is 10.6 Å². The van der Waals surface area contributed by atoms with Gasteiger partial charge in [-0.15, -0.1) is 0 Å². The SMILES string of the molecule is CCN(CC(C)C)c1ccc(C#N)c(N)c1. The smallest absolute Gasteiger partial charge is 0.101 e. The van der Waals surface area contributed by atoms with Crippen LogP contribution in [-0.4, -0.2) is 13.1 Å². The fourth-order valence-electron chi connectivity index (χ4n) is 1.71. The standard InChI is InChI=1S/C13H19N3/c1-4-16(9-10(2)3)12-6-5-11(8-14)13(15)7-12/h5-7,10H,4,9,15H2,1-3H3. The van der Waals surface area contributed by atoms with E-state index >= 15 is 0 Å². The van der Waals surface area contributed by atoms with Crippen LogP contribution in [0, 0.1) is 17.2 Å². The Morgan fingerprint density at radius 3 is 2.56 bits per heavy atom. The van der Waals surface area contributed by atoms with Gasteiger partial charge in [0.25, 0.3) is 0 Å². The Kier molecular flexibility index (Phi) is 4.19. The minimum Gasteiger partial charge on any atom is -0.398 e. The second-order valence-electron chi connectivity index (χ2n) is 4.32. The van der Waals surface area contributed by atoms with Gasteiger partial charge in [-0.2, -0.15) is 5.26 Å². The second-order valence-corrected chi connectivity index (χ2v) is 4.32. The van der Waals surface area contributed by atoms with Crippen LogP contribution in [0.25, 0.3) is 0 Å². The third kappa shape index (κ3) is 2.90. The fraction of sp³-hybridized carbons (Fsp3) is 0.462. The third-order valence-electron chi connectivity index (χ3n) is 2.49. The van der Waals surface area contributed by atoms with E-state index in [2.05, 4.69) is 31.7 Å². The van der Waals surface area contributed by atoms with E-state index in [9.17, 15) is 0 Å². The zero-order valence-corrected chi connectivity index (χ0v) is 10.2. The summed E-state index contributed by atoms with van der Waals surface area (Å²) in [5, 5.41) is 8.81. The zero-order valence-electron chi connectivity index (χ0n) is 10.2. The van der Waals surface area contributed by atoms with E-state index < -0.39 is 0 Å². The molecule has 0 bridgehead atoms. The molecule has 2 N–H and O–H groups in total. The monoisotopic (exact) mass is 217 g/mol. The molecule has 3 nitrogen and oxygen atoms in total. The van der Waals surface area contributed by atoms with Crippen molar-refractivity contribution >= 4 is 11.4 Å². The molecule has 0 aromatic heterocycles. The van der Waals surface area contributed by atoms with Crippen molar-refractivity contribution in [2.24, 2.45) is 5.92 Å². The Hall–Kier alpha value is -1.69. The predicted octanol–water partition coefficient (Wildman–Crippen LogP) is 2.62. The van der Waals surface area contributed by atoms with Crippen molar-refractivity contribution in [2.75, 3.05) is 23.7 Å². The molecule has 0 amide bonds. The van der Waals surface area contributed by atoms with Gasteiger partial charge in [0.15, 0.2) is 0 Å². The Morgan fingerprint density at radius 2 is 2.12 bits per heavy atom. The van der Waals surface area contributed by atoms with E-state index in [0.717, 1.165) is 18.8 Å². The summed E-state index contributed by atoms with van der Waals surface area (Å²) in [6, 6.07) is 7.70. The average Bonchev–Trinajstić information content (AvgIpc) is 2.25. The highest BCUT2D eigenvalue weighted by molar-refractivity contribution is 5.63. The Morgan fingerprint density at radius 1 is 1.44 bits per heavy atom. The van der Waals surface area contributed by atoms with Crippen molar-refractivity contribution in [1.82, 2.24) is 0 Å². The van der Waals surface area contributed by atoms with Crippen LogP contribution in [0.3, 0.4) is 0 Å². The normalized spacial score (nSPS) is 10.2. The minimum absolute atomic E-state index is 0.546. The maximum atomic E-state index is 8.81. The van der Waals surface area contributed by atoms with Gasteiger partial charge in [0, 0.05) is 18.8 Å². The largest absolute Gasteiger partial charge is 0.398 e. The lowest BCUT2D eigenvalue weighted by Crippen LogP contribution is -2.27. The van der Waals surface area contributed by atoms with Crippen molar-refractivity contribution in [3.63, 3.8) is 0 Å². The molecule has 16 heavy (non-hydrogen) atoms. The molecule has 0 unspecified atom stereocenters. The van der Waals surface area contributed by atoms with Gasteiger partial charge >= 0.3 is 0 Å². The molecule has 86 valence electrons. The van der Waals surface area contributed by atoms with Crippen LogP contribution in [-0.2, 0) is 0 Å². The van der Waals surface area contributed by atoms with Crippen LogP contribution in [0.5, 0.6) is 0 Å². The van der Waals surface area contributed by atoms with Crippen LogP contribution in [0.4, 0.5) is 11.4 Å². The first kappa shape index (κ1) is 12.4. The number of anilines is 2. The molecule has 0 saturated carbocycles. The molecule has 0 radical (unpaired) electrons. The van der Waals surface area contributed by atoms with Gasteiger partial charge in [-0.3, -0.25) is 0 Å². The number of nitriles is 1. The molecule has 1 aromatic rings. The highest BCUT2D eigenvalue weighted by Gasteiger charge is 2.08. The number of benzene rings is 1. The van der Waals surface area contributed by atoms with Crippen molar-refractivity contribution in [3.8, 4) is 6.07 Å². The van der Waals surface area contributed by atoms with Gasteiger partial charge in [0.05, 0.1) is 11.3 Å². The van der Waals surface area contributed by atoms with E-state index in [-0.39, 0.29) is 0 Å². The highest BCUT2D eigenvalue weighted by atomic mass is 15.1. The summed E-state index contributed by atoms with van der Waals surface area (Å²) in [6.07, 6.45) is 0. The van der Waals surface area contributed by atoms with Gasteiger partial charge in [-0.05, 0) is 31.0 Å². The first-order valence-electron chi connectivity index (χ1n) is 5.63. The molecule has 0 fully saturated rings. The second kappa shape index (κ2) is 5.41. The van der Waals surface area contributed by atoms with Gasteiger partial charge in [-0.1, -0.05) is 13.8 Å². The molecule has 0 aliphatic rings. The fourth-order valence-corrected chi connectivity index (χ4v) is 1.71. The Labute approximate surface area is 97.5 Å². The molecule has 1 aromatic carbocycles. The molecule has 0 saturated heterocycles. The van der Waals surface area contributed by atoms with Crippen molar-refractivity contribution in [3.05, 3.63) is 23.8 Å². The van der Waals surface area contributed by atoms with E-state index in [0.29, 0.717) is 17.2 Å². The molecular weight excluding hydrogens is 198 g/mol. The first-order valence-corrected chi connectivity index (χ1v) is 5.63. The summed E-state index contributed by atoms with van der Waals surface area (Å²) >= 11 is 0. The topological polar surface area (TPSA) is 53.0 Å². The number of hydrogen-bond donors (Lipinski definition) is 1. The number of hydrogen-bond acceptors (Lipinski definition) is 3. The summed E-state index contributed by atoms with van der Waals surface area (Å²) in [7, 11) is 0. The lowest BCUT2D eigenvalue weighted by Gasteiger charge is -2.25. The summed E-state index contributed by atoms with van der Waals surface area (Å²) < 4.78 is 0. The van der Waals surface area contributed by atoms with E-state index in [1.165, 1.54) is 0 Å². The van der Waals surface area contributed by atoms with Gasteiger partial charge in [0.1, 0.15) is 6.07 Å². The zero-order chi connectivity index (χ0) is 12.1. The van der Waals surface area contributed by atoms with Crippen LogP contribution in [0.2, 0.25) is 0 Å². The minimum atomic E-state index is 0.546. The van der Waals surface area contributed by atoms with Gasteiger partial charge in [0.2, 0.25) is 0 Å². The number of nitrogens with zero attached hydrogens (tertiary/aromatic N) is 2. The molecule has 0 aliphatic carbocycles. The molecular formula is C13H19N3. The maximum Gasteiger partial charge on any atom is 0.101 e. The van der Waals surface area contributed by atoms with Crippen molar-refractivity contribution in [1.29, 1.82) is 5.26 Å². The molecule has 0 aliphatic heterocycles.